The normalized spacial score (nSPS) is 11.7. The van der Waals surface area contributed by atoms with E-state index in [1.54, 1.807) is 6.07 Å². The molecule has 0 spiro atoms. The Morgan fingerprint density at radius 3 is 2.95 bits per heavy atom. The molecule has 22 heavy (non-hydrogen) atoms. The van der Waals surface area contributed by atoms with Gasteiger partial charge in [0.15, 0.2) is 12.4 Å². The molecule has 0 radical (unpaired) electrons. The molecule has 0 unspecified atom stereocenters. The van der Waals surface area contributed by atoms with Gasteiger partial charge in [-0.05, 0) is 18.2 Å². The molecule has 0 aliphatic carbocycles. The number of aliphatic hydroxyl groups excluding tert-OH is 1. The van der Waals surface area contributed by atoms with Crippen LogP contribution in [0.5, 0.6) is 5.75 Å². The SMILES string of the molecule is O=C(NC[C@H](O)COc1cccc(F)c1)c1ccc[n+]([O-])c1. The molecule has 2 N–H and O–H groups in total. The average Bonchev–Trinajstić information content (AvgIpc) is 2.50. The Hall–Kier alpha value is -2.67. The van der Waals surface area contributed by atoms with Gasteiger partial charge in [-0.3, -0.25) is 4.79 Å². The van der Waals surface area contributed by atoms with Crippen LogP contribution in [0.2, 0.25) is 0 Å². The first kappa shape index (κ1) is 15.7. The first-order chi connectivity index (χ1) is 10.5. The Balaban J connectivity index is 1.78. The highest BCUT2D eigenvalue weighted by Gasteiger charge is 2.11. The molecule has 1 aromatic heterocycles. The number of hydrogen-bond donors (Lipinski definition) is 2. The zero-order chi connectivity index (χ0) is 15.9. The first-order valence-electron chi connectivity index (χ1n) is 6.58. The van der Waals surface area contributed by atoms with Crippen LogP contribution in [0.15, 0.2) is 48.8 Å². The third-order valence-corrected chi connectivity index (χ3v) is 2.77. The fourth-order valence-electron chi connectivity index (χ4n) is 1.71. The zero-order valence-corrected chi connectivity index (χ0v) is 11.6. The minimum Gasteiger partial charge on any atom is -0.619 e. The third-order valence-electron chi connectivity index (χ3n) is 2.77. The van der Waals surface area contributed by atoms with E-state index < -0.39 is 17.8 Å². The fourth-order valence-corrected chi connectivity index (χ4v) is 1.71. The number of hydrogen-bond acceptors (Lipinski definition) is 4. The van der Waals surface area contributed by atoms with Gasteiger partial charge in [0.1, 0.15) is 29.8 Å². The molecule has 2 aromatic rings. The summed E-state index contributed by atoms with van der Waals surface area (Å²) in [5.41, 5.74) is 0.191. The maximum absolute atomic E-state index is 12.9. The van der Waals surface area contributed by atoms with Gasteiger partial charge in [-0.25, -0.2) is 4.39 Å². The van der Waals surface area contributed by atoms with Gasteiger partial charge in [0.2, 0.25) is 0 Å². The number of pyridine rings is 1. The summed E-state index contributed by atoms with van der Waals surface area (Å²) in [4.78, 5) is 11.8. The number of nitrogens with zero attached hydrogens (tertiary/aromatic N) is 1. The van der Waals surface area contributed by atoms with Crippen molar-refractivity contribution in [2.75, 3.05) is 13.2 Å². The molecule has 0 aliphatic heterocycles. The van der Waals surface area contributed by atoms with E-state index in [0.29, 0.717) is 10.5 Å². The Bertz CT molecular complexity index is 651. The quantitative estimate of drug-likeness (QED) is 0.605. The Morgan fingerprint density at radius 2 is 2.23 bits per heavy atom. The molecular weight excluding hydrogens is 291 g/mol. The standard InChI is InChI=1S/C15H15FN2O4/c16-12-4-1-5-14(7-12)22-10-13(19)8-17-15(20)11-3-2-6-18(21)9-11/h1-7,9,13,19H,8,10H2,(H,17,20)/t13-/m0/s1. The highest BCUT2D eigenvalue weighted by Crippen LogP contribution is 2.11. The number of nitrogens with one attached hydrogen (secondary N) is 1. The van der Waals surface area contributed by atoms with Crippen molar-refractivity contribution in [3.05, 3.63) is 65.4 Å². The van der Waals surface area contributed by atoms with Crippen molar-refractivity contribution in [1.29, 1.82) is 0 Å². The molecule has 0 saturated carbocycles. The van der Waals surface area contributed by atoms with E-state index in [4.69, 9.17) is 4.74 Å². The number of aromatic nitrogens is 1. The Labute approximate surface area is 126 Å². The summed E-state index contributed by atoms with van der Waals surface area (Å²) < 4.78 is 18.7. The van der Waals surface area contributed by atoms with Gasteiger partial charge in [0.25, 0.3) is 5.91 Å². The maximum atomic E-state index is 12.9. The molecule has 0 saturated heterocycles. The largest absolute Gasteiger partial charge is 0.619 e. The van der Waals surface area contributed by atoms with E-state index >= 15 is 0 Å². The highest BCUT2D eigenvalue weighted by atomic mass is 19.1. The van der Waals surface area contributed by atoms with Gasteiger partial charge in [-0.2, -0.15) is 4.73 Å². The number of halogens is 1. The number of rotatable bonds is 6. The Morgan fingerprint density at radius 1 is 1.41 bits per heavy atom. The molecule has 7 heteroatoms. The topological polar surface area (TPSA) is 85.5 Å². The lowest BCUT2D eigenvalue weighted by molar-refractivity contribution is -0.605. The smallest absolute Gasteiger partial charge is 0.257 e. The van der Waals surface area contributed by atoms with Crippen LogP contribution in [-0.2, 0) is 0 Å². The van der Waals surface area contributed by atoms with E-state index in [1.807, 2.05) is 0 Å². The minimum atomic E-state index is -0.963. The average molecular weight is 306 g/mol. The van der Waals surface area contributed by atoms with Crippen LogP contribution in [0.25, 0.3) is 0 Å². The summed E-state index contributed by atoms with van der Waals surface area (Å²) in [5.74, 6) is -0.619. The van der Waals surface area contributed by atoms with Crippen LogP contribution in [0, 0.1) is 11.0 Å². The third kappa shape index (κ3) is 4.71. The van der Waals surface area contributed by atoms with E-state index in [0.717, 1.165) is 6.20 Å². The number of aliphatic hydroxyl groups is 1. The van der Waals surface area contributed by atoms with Crippen LogP contribution < -0.4 is 14.8 Å². The molecular formula is C15H15FN2O4. The summed E-state index contributed by atoms with van der Waals surface area (Å²) in [5, 5.41) is 23.3. The Kier molecular flexibility index (Phi) is 5.26. The minimum absolute atomic E-state index is 0.0537. The van der Waals surface area contributed by atoms with Crippen molar-refractivity contribution >= 4 is 5.91 Å². The molecule has 1 aromatic carbocycles. The van der Waals surface area contributed by atoms with Crippen molar-refractivity contribution in [2.24, 2.45) is 0 Å². The van der Waals surface area contributed by atoms with E-state index in [1.165, 1.54) is 36.5 Å². The highest BCUT2D eigenvalue weighted by molar-refractivity contribution is 5.93. The molecule has 2 rings (SSSR count). The van der Waals surface area contributed by atoms with Crippen molar-refractivity contribution in [2.45, 2.75) is 6.10 Å². The molecule has 6 nitrogen and oxygen atoms in total. The van der Waals surface area contributed by atoms with Gasteiger partial charge < -0.3 is 20.4 Å². The fraction of sp³-hybridized carbons (Fsp3) is 0.200. The van der Waals surface area contributed by atoms with Crippen LogP contribution in [0.4, 0.5) is 4.39 Å². The lowest BCUT2D eigenvalue weighted by atomic mass is 10.2. The second-order valence-corrected chi connectivity index (χ2v) is 4.58. The van der Waals surface area contributed by atoms with Crippen molar-refractivity contribution in [3.8, 4) is 5.75 Å². The van der Waals surface area contributed by atoms with E-state index in [9.17, 15) is 19.5 Å². The second kappa shape index (κ2) is 7.37. The molecule has 1 amide bonds. The van der Waals surface area contributed by atoms with Crippen LogP contribution in [-0.4, -0.2) is 30.3 Å². The predicted molar refractivity (Wildman–Crippen MR) is 75.6 cm³/mol. The molecule has 0 bridgehead atoms. The van der Waals surface area contributed by atoms with Gasteiger partial charge >= 0.3 is 0 Å². The predicted octanol–water partition coefficient (Wildman–Crippen LogP) is 0.629. The summed E-state index contributed by atoms with van der Waals surface area (Å²) in [6.07, 6.45) is 1.43. The number of carbonyl (C=O) groups is 1. The van der Waals surface area contributed by atoms with Crippen molar-refractivity contribution in [1.82, 2.24) is 5.32 Å². The van der Waals surface area contributed by atoms with Gasteiger partial charge in [-0.1, -0.05) is 6.07 Å². The monoisotopic (exact) mass is 306 g/mol. The number of amides is 1. The van der Waals surface area contributed by atoms with E-state index in [-0.39, 0.29) is 18.7 Å². The summed E-state index contributed by atoms with van der Waals surface area (Å²) >= 11 is 0. The molecule has 1 heterocycles. The molecule has 116 valence electrons. The van der Waals surface area contributed by atoms with Crippen LogP contribution >= 0.6 is 0 Å². The zero-order valence-electron chi connectivity index (χ0n) is 11.6. The van der Waals surface area contributed by atoms with Crippen LogP contribution in [0.3, 0.4) is 0 Å². The summed E-state index contributed by atoms with van der Waals surface area (Å²) in [6.45, 7) is -0.151. The number of ether oxygens (including phenoxy) is 1. The number of benzene rings is 1. The van der Waals surface area contributed by atoms with Crippen LogP contribution in [0.1, 0.15) is 10.4 Å². The lowest BCUT2D eigenvalue weighted by Crippen LogP contribution is -2.36. The number of carbonyl (C=O) groups excluding carboxylic acids is 1. The van der Waals surface area contributed by atoms with Gasteiger partial charge in [-0.15, -0.1) is 0 Å². The summed E-state index contributed by atoms with van der Waals surface area (Å²) in [6, 6.07) is 8.47. The van der Waals surface area contributed by atoms with E-state index in [2.05, 4.69) is 5.32 Å². The maximum Gasteiger partial charge on any atom is 0.257 e. The molecule has 0 aliphatic rings. The molecule has 0 fully saturated rings. The summed E-state index contributed by atoms with van der Waals surface area (Å²) in [7, 11) is 0. The lowest BCUT2D eigenvalue weighted by Gasteiger charge is -2.13. The second-order valence-electron chi connectivity index (χ2n) is 4.58. The van der Waals surface area contributed by atoms with Crippen molar-refractivity contribution < 1.29 is 23.8 Å². The first-order valence-corrected chi connectivity index (χ1v) is 6.58. The van der Waals surface area contributed by atoms with Gasteiger partial charge in [0, 0.05) is 18.7 Å². The van der Waals surface area contributed by atoms with Gasteiger partial charge in [0.05, 0.1) is 0 Å². The molecule has 1 atom stereocenters. The van der Waals surface area contributed by atoms with Crippen molar-refractivity contribution in [3.63, 3.8) is 0 Å².